The molecule has 1 aromatic heterocycles. The molecule has 0 saturated heterocycles. The zero-order valence-corrected chi connectivity index (χ0v) is 7.91. The number of rotatable bonds is 1. The van der Waals surface area contributed by atoms with E-state index < -0.39 is 0 Å². The molecule has 0 fully saturated rings. The summed E-state index contributed by atoms with van der Waals surface area (Å²) in [5, 5.41) is 0. The van der Waals surface area contributed by atoms with Crippen molar-refractivity contribution in [3.63, 3.8) is 0 Å². The van der Waals surface area contributed by atoms with Gasteiger partial charge in [0.15, 0.2) is 5.69 Å². The van der Waals surface area contributed by atoms with Crippen molar-refractivity contribution < 1.29 is 4.57 Å². The van der Waals surface area contributed by atoms with Gasteiger partial charge in [0.2, 0.25) is 0 Å². The van der Waals surface area contributed by atoms with E-state index in [1.807, 2.05) is 25.2 Å². The molecule has 0 amide bonds. The third-order valence-electron chi connectivity index (χ3n) is 2.25. The highest BCUT2D eigenvalue weighted by Crippen LogP contribution is 2.14. The first-order valence-electron chi connectivity index (χ1n) is 4.38. The van der Waals surface area contributed by atoms with Crippen LogP contribution in [0.2, 0.25) is 0 Å². The number of aryl methyl sites for hydroxylation is 2. The molecule has 0 atom stereocenters. The van der Waals surface area contributed by atoms with Crippen LogP contribution in [0, 0.1) is 6.92 Å². The fourth-order valence-electron chi connectivity index (χ4n) is 1.37. The molecule has 2 heteroatoms. The van der Waals surface area contributed by atoms with E-state index in [1.54, 1.807) is 0 Å². The number of benzene rings is 1. The van der Waals surface area contributed by atoms with Crippen LogP contribution in [0.15, 0.2) is 36.5 Å². The average Bonchev–Trinajstić information content (AvgIpc) is 2.49. The molecule has 2 aromatic rings. The van der Waals surface area contributed by atoms with E-state index in [1.165, 1.54) is 17.1 Å². The van der Waals surface area contributed by atoms with Crippen LogP contribution in [0.3, 0.4) is 0 Å². The summed E-state index contributed by atoms with van der Waals surface area (Å²) in [4.78, 5) is 3.32. The maximum absolute atomic E-state index is 3.32. The number of imidazole rings is 1. The Morgan fingerprint density at radius 2 is 1.85 bits per heavy atom. The number of hydrogen-bond donors (Lipinski definition) is 1. The highest BCUT2D eigenvalue weighted by molar-refractivity contribution is 5.56. The molecule has 1 heterocycles. The molecule has 0 saturated carbocycles. The second-order valence-electron chi connectivity index (χ2n) is 3.23. The van der Waals surface area contributed by atoms with E-state index in [-0.39, 0.29) is 0 Å². The van der Waals surface area contributed by atoms with Crippen LogP contribution in [0.1, 0.15) is 5.82 Å². The van der Waals surface area contributed by atoms with Crippen LogP contribution in [0.25, 0.3) is 11.3 Å². The Kier molecular flexibility index (Phi) is 1.89. The van der Waals surface area contributed by atoms with Crippen LogP contribution in [-0.2, 0) is 7.05 Å². The summed E-state index contributed by atoms with van der Waals surface area (Å²) in [5.74, 6) is 1.17. The monoisotopic (exact) mass is 173 g/mol. The lowest BCUT2D eigenvalue weighted by atomic mass is 10.2. The van der Waals surface area contributed by atoms with Gasteiger partial charge in [0.05, 0.1) is 7.05 Å². The third-order valence-corrected chi connectivity index (χ3v) is 2.25. The molecule has 13 heavy (non-hydrogen) atoms. The van der Waals surface area contributed by atoms with E-state index in [0.717, 1.165) is 0 Å². The van der Waals surface area contributed by atoms with Gasteiger partial charge in [0.1, 0.15) is 6.20 Å². The maximum Gasteiger partial charge on any atom is 0.251 e. The van der Waals surface area contributed by atoms with Crippen molar-refractivity contribution in [2.75, 3.05) is 0 Å². The van der Waals surface area contributed by atoms with Gasteiger partial charge < -0.3 is 0 Å². The molecule has 1 N–H and O–H groups in total. The lowest BCUT2D eigenvalue weighted by molar-refractivity contribution is -0.676. The van der Waals surface area contributed by atoms with Gasteiger partial charge >= 0.3 is 0 Å². The van der Waals surface area contributed by atoms with Crippen molar-refractivity contribution in [3.05, 3.63) is 42.4 Å². The second kappa shape index (κ2) is 3.05. The molecule has 2 nitrogen and oxygen atoms in total. The van der Waals surface area contributed by atoms with Crippen LogP contribution in [-0.4, -0.2) is 4.98 Å². The van der Waals surface area contributed by atoms with Gasteiger partial charge in [-0.3, -0.25) is 0 Å². The van der Waals surface area contributed by atoms with Gasteiger partial charge in [-0.05, 0) is 0 Å². The molecular formula is C11H13N2+. The van der Waals surface area contributed by atoms with Crippen molar-refractivity contribution in [1.29, 1.82) is 0 Å². The Morgan fingerprint density at radius 1 is 1.15 bits per heavy atom. The summed E-state index contributed by atoms with van der Waals surface area (Å²) >= 11 is 0. The first kappa shape index (κ1) is 8.05. The first-order chi connectivity index (χ1) is 6.27. The van der Waals surface area contributed by atoms with E-state index in [4.69, 9.17) is 0 Å². The number of aromatic nitrogens is 2. The summed E-state index contributed by atoms with van der Waals surface area (Å²) in [5.41, 5.74) is 2.40. The molecular weight excluding hydrogens is 160 g/mol. The van der Waals surface area contributed by atoms with Gasteiger partial charge in [-0.25, -0.2) is 9.55 Å². The largest absolute Gasteiger partial charge is 0.251 e. The maximum atomic E-state index is 3.32. The van der Waals surface area contributed by atoms with Crippen LogP contribution in [0.4, 0.5) is 0 Å². The Balaban J connectivity index is 2.48. The number of H-pyrrole nitrogens is 1. The van der Waals surface area contributed by atoms with Crippen molar-refractivity contribution >= 4 is 0 Å². The van der Waals surface area contributed by atoms with Crippen molar-refractivity contribution in [2.45, 2.75) is 6.92 Å². The molecule has 66 valence electrons. The fourth-order valence-corrected chi connectivity index (χ4v) is 1.37. The number of nitrogens with one attached hydrogen (secondary N) is 1. The summed E-state index contributed by atoms with van der Waals surface area (Å²) in [6.07, 6.45) is 2.10. The lowest BCUT2D eigenvalue weighted by Gasteiger charge is -1.89. The highest BCUT2D eigenvalue weighted by atomic mass is 15.0. The molecule has 0 spiro atoms. The van der Waals surface area contributed by atoms with Gasteiger partial charge in [-0.15, -0.1) is 0 Å². The van der Waals surface area contributed by atoms with Crippen LogP contribution >= 0.6 is 0 Å². The molecule has 0 aliphatic heterocycles. The third kappa shape index (κ3) is 1.47. The quantitative estimate of drug-likeness (QED) is 0.635. The first-order valence-corrected chi connectivity index (χ1v) is 4.38. The lowest BCUT2D eigenvalue weighted by Crippen LogP contribution is -2.27. The predicted octanol–water partition coefficient (Wildman–Crippen LogP) is 1.81. The SMILES string of the molecule is Cc1[nH]c(-c2ccccc2)c[n+]1C. The number of hydrogen-bond acceptors (Lipinski definition) is 0. The molecule has 0 aliphatic carbocycles. The molecule has 0 unspecified atom stereocenters. The van der Waals surface area contributed by atoms with Crippen molar-refractivity contribution in [2.24, 2.45) is 7.05 Å². The van der Waals surface area contributed by atoms with Crippen LogP contribution in [0.5, 0.6) is 0 Å². The normalized spacial score (nSPS) is 10.3. The topological polar surface area (TPSA) is 19.7 Å². The molecule has 0 aliphatic rings. The van der Waals surface area contributed by atoms with E-state index in [9.17, 15) is 0 Å². The van der Waals surface area contributed by atoms with E-state index >= 15 is 0 Å². The summed E-state index contributed by atoms with van der Waals surface area (Å²) in [6.45, 7) is 2.06. The highest BCUT2D eigenvalue weighted by Gasteiger charge is 2.08. The van der Waals surface area contributed by atoms with E-state index in [2.05, 4.69) is 34.8 Å². The van der Waals surface area contributed by atoms with Crippen LogP contribution < -0.4 is 4.57 Å². The van der Waals surface area contributed by atoms with Gasteiger partial charge in [-0.1, -0.05) is 30.3 Å². The number of nitrogens with zero attached hydrogens (tertiary/aromatic N) is 1. The minimum absolute atomic E-state index is 1.17. The summed E-state index contributed by atoms with van der Waals surface area (Å²) in [6, 6.07) is 10.3. The predicted molar refractivity (Wildman–Crippen MR) is 52.1 cm³/mol. The zero-order valence-electron chi connectivity index (χ0n) is 7.91. The Morgan fingerprint density at radius 3 is 2.38 bits per heavy atom. The van der Waals surface area contributed by atoms with Crippen molar-refractivity contribution in [3.8, 4) is 11.3 Å². The fraction of sp³-hybridized carbons (Fsp3) is 0.182. The minimum atomic E-state index is 1.17. The van der Waals surface area contributed by atoms with E-state index in [0.29, 0.717) is 0 Å². The van der Waals surface area contributed by atoms with Crippen molar-refractivity contribution in [1.82, 2.24) is 4.98 Å². The Labute approximate surface area is 77.9 Å². The minimum Gasteiger partial charge on any atom is -0.241 e. The molecule has 0 radical (unpaired) electrons. The average molecular weight is 173 g/mol. The molecule has 1 aromatic carbocycles. The van der Waals surface area contributed by atoms with Gasteiger partial charge in [0, 0.05) is 12.5 Å². The standard InChI is InChI=1S/C11H12N2/c1-9-12-11(8-13(9)2)10-6-4-3-5-7-10/h3-8H,1-2H3/p+1. The molecule has 2 rings (SSSR count). The smallest absolute Gasteiger partial charge is 0.241 e. The summed E-state index contributed by atoms with van der Waals surface area (Å²) < 4.78 is 2.09. The summed E-state index contributed by atoms with van der Waals surface area (Å²) in [7, 11) is 2.04. The number of aromatic amines is 1. The van der Waals surface area contributed by atoms with Gasteiger partial charge in [-0.2, -0.15) is 0 Å². The Bertz CT molecular complexity index is 382. The Hall–Kier alpha value is -1.57. The van der Waals surface area contributed by atoms with Gasteiger partial charge in [0.25, 0.3) is 5.82 Å². The zero-order chi connectivity index (χ0) is 9.26. The molecule has 0 bridgehead atoms. The second-order valence-corrected chi connectivity index (χ2v) is 3.23.